The van der Waals surface area contributed by atoms with E-state index in [9.17, 15) is 19.8 Å². The lowest BCUT2D eigenvalue weighted by Gasteiger charge is -2.20. The van der Waals surface area contributed by atoms with Crippen LogP contribution in [0.15, 0.2) is 24.3 Å². The van der Waals surface area contributed by atoms with Gasteiger partial charge in [0.05, 0.1) is 25.4 Å². The third-order valence-electron chi connectivity index (χ3n) is 18.0. The molecule has 83 heavy (non-hydrogen) atoms. The van der Waals surface area contributed by atoms with Crippen LogP contribution in [-0.2, 0) is 14.3 Å². The van der Waals surface area contributed by atoms with Crippen LogP contribution < -0.4 is 5.32 Å². The molecule has 6 heteroatoms. The molecule has 2 unspecified atom stereocenters. The Bertz CT molecular complexity index is 1300. The number of nitrogens with one attached hydrogen (secondary N) is 1. The number of rotatable bonds is 72. The molecular weight excluding hydrogens is 1020 g/mol. The lowest BCUT2D eigenvalue weighted by Crippen LogP contribution is -2.45. The van der Waals surface area contributed by atoms with Gasteiger partial charge in [-0.05, 0) is 57.8 Å². The summed E-state index contributed by atoms with van der Waals surface area (Å²) in [4.78, 5) is 24.7. The van der Waals surface area contributed by atoms with E-state index in [2.05, 4.69) is 31.3 Å². The average molecular weight is 1170 g/mol. The minimum absolute atomic E-state index is 0.0122. The van der Waals surface area contributed by atoms with Gasteiger partial charge in [0.2, 0.25) is 5.91 Å². The zero-order valence-electron chi connectivity index (χ0n) is 56.5. The first-order valence-electron chi connectivity index (χ1n) is 38.1. The molecule has 0 aliphatic heterocycles. The highest BCUT2D eigenvalue weighted by molar-refractivity contribution is 5.76. The van der Waals surface area contributed by atoms with Gasteiger partial charge in [-0.2, -0.15) is 0 Å². The minimum Gasteiger partial charge on any atom is -0.466 e. The third-order valence-corrected chi connectivity index (χ3v) is 18.0. The number of carbonyl (C=O) groups is 2. The molecule has 0 rings (SSSR count). The monoisotopic (exact) mass is 1170 g/mol. The second-order valence-corrected chi connectivity index (χ2v) is 26.3. The maximum Gasteiger partial charge on any atom is 0.305 e. The van der Waals surface area contributed by atoms with E-state index in [4.69, 9.17) is 4.74 Å². The molecule has 1 amide bonds. The summed E-state index contributed by atoms with van der Waals surface area (Å²) in [6.07, 6.45) is 92.7. The van der Waals surface area contributed by atoms with Crippen molar-refractivity contribution in [2.75, 3.05) is 13.2 Å². The second-order valence-electron chi connectivity index (χ2n) is 26.3. The van der Waals surface area contributed by atoms with Gasteiger partial charge in [-0.25, -0.2) is 0 Å². The molecule has 6 nitrogen and oxygen atoms in total. The van der Waals surface area contributed by atoms with Crippen molar-refractivity contribution in [1.82, 2.24) is 5.32 Å². The summed E-state index contributed by atoms with van der Waals surface area (Å²) in [5.41, 5.74) is 0. The molecule has 0 aliphatic carbocycles. The number of unbranched alkanes of at least 4 members (excludes halogenated alkanes) is 59. The van der Waals surface area contributed by atoms with Crippen molar-refractivity contribution < 1.29 is 24.5 Å². The third kappa shape index (κ3) is 69.3. The Morgan fingerprint density at radius 2 is 0.566 bits per heavy atom. The summed E-state index contributed by atoms with van der Waals surface area (Å²) < 4.78 is 5.51. The summed E-state index contributed by atoms with van der Waals surface area (Å²) in [6.45, 7) is 4.95. The first-order chi connectivity index (χ1) is 41.0. The number of aliphatic hydroxyl groups is 2. The molecule has 0 aromatic carbocycles. The number of ether oxygens (including phenoxy) is 1. The number of esters is 1. The van der Waals surface area contributed by atoms with E-state index in [-0.39, 0.29) is 18.5 Å². The van der Waals surface area contributed by atoms with Crippen LogP contribution in [0.3, 0.4) is 0 Å². The maximum atomic E-state index is 12.6. The molecule has 0 heterocycles. The van der Waals surface area contributed by atoms with Crippen molar-refractivity contribution >= 4 is 11.9 Å². The Kier molecular flexibility index (Phi) is 71.4. The number of hydrogen-bond donors (Lipinski definition) is 3. The zero-order chi connectivity index (χ0) is 59.9. The van der Waals surface area contributed by atoms with Crippen LogP contribution in [0.2, 0.25) is 0 Å². The number of hydrogen-bond acceptors (Lipinski definition) is 5. The summed E-state index contributed by atoms with van der Waals surface area (Å²) in [5, 5.41) is 23.3. The largest absolute Gasteiger partial charge is 0.466 e. The van der Waals surface area contributed by atoms with Crippen LogP contribution in [0.1, 0.15) is 431 Å². The first-order valence-corrected chi connectivity index (χ1v) is 38.1. The fraction of sp³-hybridized carbons (Fsp3) is 0.922. The molecule has 0 spiro atoms. The van der Waals surface area contributed by atoms with E-state index in [1.165, 1.54) is 360 Å². The van der Waals surface area contributed by atoms with E-state index in [0.29, 0.717) is 19.4 Å². The van der Waals surface area contributed by atoms with Crippen molar-refractivity contribution in [3.8, 4) is 0 Å². The molecule has 0 aromatic heterocycles. The quantitative estimate of drug-likeness (QED) is 0.0320. The van der Waals surface area contributed by atoms with E-state index < -0.39 is 12.1 Å². The molecule has 0 fully saturated rings. The van der Waals surface area contributed by atoms with Gasteiger partial charge in [0, 0.05) is 12.8 Å². The van der Waals surface area contributed by atoms with Crippen LogP contribution in [0.25, 0.3) is 0 Å². The molecule has 3 N–H and O–H groups in total. The molecule has 2 atom stereocenters. The minimum atomic E-state index is -0.846. The molecule has 0 radical (unpaired) electrons. The van der Waals surface area contributed by atoms with Gasteiger partial charge in [-0.3, -0.25) is 9.59 Å². The highest BCUT2D eigenvalue weighted by Crippen LogP contribution is 2.19. The Hall–Kier alpha value is -1.66. The summed E-state index contributed by atoms with van der Waals surface area (Å²) in [6, 6.07) is -0.629. The normalized spacial score (nSPS) is 12.6. The Morgan fingerprint density at radius 3 is 0.855 bits per heavy atom. The highest BCUT2D eigenvalue weighted by Gasteiger charge is 2.18. The topological polar surface area (TPSA) is 95.9 Å². The van der Waals surface area contributed by atoms with Crippen molar-refractivity contribution in [2.24, 2.45) is 0 Å². The molecular formula is C77H149NO5. The second kappa shape index (κ2) is 72.8. The van der Waals surface area contributed by atoms with Gasteiger partial charge < -0.3 is 20.3 Å². The number of amides is 1. The predicted molar refractivity (Wildman–Crippen MR) is 366 cm³/mol. The Morgan fingerprint density at radius 1 is 0.325 bits per heavy atom. The fourth-order valence-corrected chi connectivity index (χ4v) is 12.2. The first kappa shape index (κ1) is 81.3. The van der Waals surface area contributed by atoms with Crippen molar-refractivity contribution in [2.45, 2.75) is 443 Å². The fourth-order valence-electron chi connectivity index (χ4n) is 12.2. The van der Waals surface area contributed by atoms with Crippen molar-refractivity contribution in [3.05, 3.63) is 24.3 Å². The average Bonchev–Trinajstić information content (AvgIpc) is 3.49. The van der Waals surface area contributed by atoms with Crippen LogP contribution in [0.5, 0.6) is 0 Å². The summed E-state index contributed by atoms with van der Waals surface area (Å²) >= 11 is 0. The summed E-state index contributed by atoms with van der Waals surface area (Å²) in [7, 11) is 0. The number of aliphatic hydroxyl groups excluding tert-OH is 2. The van der Waals surface area contributed by atoms with Gasteiger partial charge in [0.15, 0.2) is 0 Å². The highest BCUT2D eigenvalue weighted by atomic mass is 16.5. The molecule has 492 valence electrons. The van der Waals surface area contributed by atoms with E-state index in [1.54, 1.807) is 6.08 Å². The molecule has 0 saturated carbocycles. The van der Waals surface area contributed by atoms with E-state index in [1.807, 2.05) is 6.08 Å². The van der Waals surface area contributed by atoms with Crippen LogP contribution >= 0.6 is 0 Å². The van der Waals surface area contributed by atoms with Gasteiger partial charge >= 0.3 is 5.97 Å². The lowest BCUT2D eigenvalue weighted by atomic mass is 10.0. The molecule has 0 aromatic rings. The lowest BCUT2D eigenvalue weighted by molar-refractivity contribution is -0.143. The Balaban J connectivity index is 3.39. The summed E-state index contributed by atoms with van der Waals surface area (Å²) in [5.74, 6) is -0.0501. The van der Waals surface area contributed by atoms with Gasteiger partial charge in [-0.1, -0.05) is 385 Å². The van der Waals surface area contributed by atoms with Gasteiger partial charge in [0.1, 0.15) is 0 Å². The molecule has 0 aliphatic rings. The van der Waals surface area contributed by atoms with E-state index in [0.717, 1.165) is 44.9 Å². The smallest absolute Gasteiger partial charge is 0.305 e. The standard InChI is InChI=1S/C77H149NO5/c1-3-5-7-9-11-13-15-17-19-21-23-24-25-26-28-31-34-37-41-45-49-53-57-61-65-69-75(80)74(73-79)78-76(81)70-66-62-58-54-50-46-42-38-35-32-29-27-30-33-36-40-44-48-52-56-60-64-68-72-83-77(82)71-67-63-59-55-51-47-43-39-22-20-18-16-14-12-10-8-6-4-2/h20,22,65,69,74-75,79-80H,3-19,21,23-64,66-68,70-73H2,1-2H3,(H,78,81)/b22-20-,69-65+. The number of allylic oxidation sites excluding steroid dienone is 3. The van der Waals surface area contributed by atoms with Crippen LogP contribution in [0.4, 0.5) is 0 Å². The molecule has 0 bridgehead atoms. The Labute approximate surface area is 520 Å². The predicted octanol–water partition coefficient (Wildman–Crippen LogP) is 24.9. The number of carbonyl (C=O) groups excluding carboxylic acids is 2. The maximum absolute atomic E-state index is 12.6. The van der Waals surface area contributed by atoms with Crippen molar-refractivity contribution in [3.63, 3.8) is 0 Å². The zero-order valence-corrected chi connectivity index (χ0v) is 56.5. The van der Waals surface area contributed by atoms with E-state index >= 15 is 0 Å². The van der Waals surface area contributed by atoms with Gasteiger partial charge in [0.25, 0.3) is 0 Å². The van der Waals surface area contributed by atoms with Crippen molar-refractivity contribution in [1.29, 1.82) is 0 Å². The SMILES string of the molecule is CCCCCCCCC/C=C\CCCCCCCCCC(=O)OCCCCCCCCCCCCCCCCCCCCCCCCCC(=O)NC(CO)C(O)/C=C/CCCCCCCCCCCCCCCCCCCCCCCCC. The van der Waals surface area contributed by atoms with Crippen LogP contribution in [0, 0.1) is 0 Å². The molecule has 0 saturated heterocycles. The van der Waals surface area contributed by atoms with Crippen LogP contribution in [-0.4, -0.2) is 47.4 Å². The van der Waals surface area contributed by atoms with Gasteiger partial charge in [-0.15, -0.1) is 0 Å².